The van der Waals surface area contributed by atoms with E-state index in [4.69, 9.17) is 4.42 Å². The zero-order valence-corrected chi connectivity index (χ0v) is 7.36. The fourth-order valence-electron chi connectivity index (χ4n) is 1.07. The van der Waals surface area contributed by atoms with Gasteiger partial charge in [-0.15, -0.1) is 11.8 Å². The molecule has 13 heavy (non-hydrogen) atoms. The second kappa shape index (κ2) is 3.21. The lowest BCUT2D eigenvalue weighted by molar-refractivity contribution is -0.402. The van der Waals surface area contributed by atoms with E-state index in [0.717, 1.165) is 0 Å². The minimum Gasteiger partial charge on any atom is -0.405 e. The van der Waals surface area contributed by atoms with E-state index in [2.05, 4.69) is 4.99 Å². The van der Waals surface area contributed by atoms with E-state index in [9.17, 15) is 10.1 Å². The average molecular weight is 198 g/mol. The number of thioether (sulfide) groups is 1. The van der Waals surface area contributed by atoms with Gasteiger partial charge in [-0.3, -0.25) is 15.1 Å². The molecule has 0 aliphatic carbocycles. The first-order valence-electron chi connectivity index (χ1n) is 3.65. The molecule has 1 atom stereocenters. The summed E-state index contributed by atoms with van der Waals surface area (Å²) in [5, 5.41) is 10.4. The Labute approximate surface area is 78.0 Å². The molecule has 1 aliphatic rings. The maximum absolute atomic E-state index is 10.3. The Balaban J connectivity index is 2.17. The van der Waals surface area contributed by atoms with Crippen molar-refractivity contribution in [3.05, 3.63) is 28.0 Å². The van der Waals surface area contributed by atoms with Crippen molar-refractivity contribution in [2.24, 2.45) is 4.99 Å². The minimum absolute atomic E-state index is 0.105. The molecule has 1 aromatic rings. The molecule has 0 saturated heterocycles. The largest absolute Gasteiger partial charge is 0.433 e. The molecule has 68 valence electrons. The molecule has 0 radical (unpaired) electrons. The highest BCUT2D eigenvalue weighted by Crippen LogP contribution is 2.33. The van der Waals surface area contributed by atoms with Gasteiger partial charge < -0.3 is 4.42 Å². The van der Waals surface area contributed by atoms with E-state index >= 15 is 0 Å². The predicted molar refractivity (Wildman–Crippen MR) is 49.1 cm³/mol. The van der Waals surface area contributed by atoms with Crippen LogP contribution < -0.4 is 0 Å². The molecule has 5 nitrogen and oxygen atoms in total. The number of hydrogen-bond acceptors (Lipinski definition) is 5. The Morgan fingerprint density at radius 3 is 3.08 bits per heavy atom. The van der Waals surface area contributed by atoms with Crippen molar-refractivity contribution in [2.75, 3.05) is 6.54 Å². The van der Waals surface area contributed by atoms with Crippen molar-refractivity contribution >= 4 is 23.2 Å². The van der Waals surface area contributed by atoms with Crippen LogP contribution in [0, 0.1) is 10.1 Å². The second-order valence-electron chi connectivity index (χ2n) is 2.53. The van der Waals surface area contributed by atoms with Crippen LogP contribution in [0.5, 0.6) is 0 Å². The number of nitro groups is 1. The van der Waals surface area contributed by atoms with Crippen molar-refractivity contribution in [3.63, 3.8) is 0 Å². The molecule has 1 unspecified atom stereocenters. The molecule has 6 heteroatoms. The Morgan fingerprint density at radius 2 is 2.54 bits per heavy atom. The SMILES string of the molecule is O=[N+]([O-])c1ccc(C2CN=CS2)o1. The summed E-state index contributed by atoms with van der Waals surface area (Å²) >= 11 is 1.51. The number of rotatable bonds is 2. The van der Waals surface area contributed by atoms with Gasteiger partial charge in [0.05, 0.1) is 23.4 Å². The summed E-state index contributed by atoms with van der Waals surface area (Å²) in [5.74, 6) is 0.414. The van der Waals surface area contributed by atoms with Gasteiger partial charge in [0.2, 0.25) is 0 Å². The van der Waals surface area contributed by atoms with Gasteiger partial charge in [0.25, 0.3) is 0 Å². The maximum Gasteiger partial charge on any atom is 0.433 e. The molecule has 2 heterocycles. The Hall–Kier alpha value is -1.30. The van der Waals surface area contributed by atoms with Crippen LogP contribution in [0.25, 0.3) is 0 Å². The van der Waals surface area contributed by atoms with Crippen molar-refractivity contribution in [1.29, 1.82) is 0 Å². The van der Waals surface area contributed by atoms with Crippen molar-refractivity contribution in [2.45, 2.75) is 5.25 Å². The molecule has 1 aliphatic heterocycles. The first-order chi connectivity index (χ1) is 6.27. The molecule has 0 N–H and O–H groups in total. The molecule has 1 aromatic heterocycles. The smallest absolute Gasteiger partial charge is 0.405 e. The first-order valence-corrected chi connectivity index (χ1v) is 4.59. The topological polar surface area (TPSA) is 68.6 Å². The molecule has 0 spiro atoms. The Kier molecular flexibility index (Phi) is 2.05. The van der Waals surface area contributed by atoms with Gasteiger partial charge in [-0.25, -0.2) is 0 Å². The molecule has 0 amide bonds. The normalized spacial score (nSPS) is 20.8. The summed E-state index contributed by atoms with van der Waals surface area (Å²) in [4.78, 5) is 13.8. The summed E-state index contributed by atoms with van der Waals surface area (Å²) in [7, 11) is 0. The van der Waals surface area contributed by atoms with Crippen LogP contribution in [-0.4, -0.2) is 17.0 Å². The van der Waals surface area contributed by atoms with Crippen LogP contribution in [0.3, 0.4) is 0 Å². The van der Waals surface area contributed by atoms with Gasteiger partial charge in [-0.1, -0.05) is 0 Å². The molecule has 0 fully saturated rings. The van der Waals surface area contributed by atoms with Gasteiger partial charge in [0.1, 0.15) is 10.7 Å². The van der Waals surface area contributed by atoms with Gasteiger partial charge in [0, 0.05) is 0 Å². The lowest BCUT2D eigenvalue weighted by atomic mass is 10.3. The Bertz CT molecular complexity index is 352. The van der Waals surface area contributed by atoms with Crippen LogP contribution in [-0.2, 0) is 0 Å². The Morgan fingerprint density at radius 1 is 1.69 bits per heavy atom. The lowest BCUT2D eigenvalue weighted by Gasteiger charge is -1.99. The van der Waals surface area contributed by atoms with E-state index in [0.29, 0.717) is 12.3 Å². The van der Waals surface area contributed by atoms with Crippen LogP contribution in [0.15, 0.2) is 21.5 Å². The van der Waals surface area contributed by atoms with E-state index in [1.165, 1.54) is 17.8 Å². The number of furan rings is 1. The van der Waals surface area contributed by atoms with Gasteiger partial charge in [-0.05, 0) is 6.07 Å². The van der Waals surface area contributed by atoms with Crippen LogP contribution >= 0.6 is 11.8 Å². The van der Waals surface area contributed by atoms with E-state index in [1.54, 1.807) is 11.6 Å². The average Bonchev–Trinajstić information content (AvgIpc) is 2.75. The maximum atomic E-state index is 10.3. The van der Waals surface area contributed by atoms with Gasteiger partial charge in [0.15, 0.2) is 0 Å². The summed E-state index contributed by atoms with van der Waals surface area (Å²) < 4.78 is 5.03. The third-order valence-electron chi connectivity index (χ3n) is 1.68. The highest BCUT2D eigenvalue weighted by Gasteiger charge is 2.21. The fourth-order valence-corrected chi connectivity index (χ4v) is 1.82. The third-order valence-corrected chi connectivity index (χ3v) is 2.66. The standard InChI is InChI=1S/C7H6N2O3S/c10-9(11)7-2-1-5(12-7)6-3-8-4-13-6/h1-2,4,6H,3H2. The van der Waals surface area contributed by atoms with E-state index < -0.39 is 4.92 Å². The van der Waals surface area contributed by atoms with Crippen molar-refractivity contribution in [1.82, 2.24) is 0 Å². The fraction of sp³-hybridized carbons (Fsp3) is 0.286. The lowest BCUT2D eigenvalue weighted by Crippen LogP contribution is -1.90. The molecular formula is C7H6N2O3S. The first kappa shape index (κ1) is 8.31. The molecule has 2 rings (SSSR count). The van der Waals surface area contributed by atoms with Gasteiger partial charge >= 0.3 is 5.88 Å². The number of aliphatic imine (C=N–C) groups is 1. The zero-order valence-electron chi connectivity index (χ0n) is 6.54. The molecule has 0 aromatic carbocycles. The number of hydrogen-bond donors (Lipinski definition) is 0. The summed E-state index contributed by atoms with van der Waals surface area (Å²) in [5.41, 5.74) is 1.74. The summed E-state index contributed by atoms with van der Waals surface area (Å²) in [6, 6.07) is 3.00. The molecule has 0 bridgehead atoms. The second-order valence-corrected chi connectivity index (χ2v) is 3.58. The van der Waals surface area contributed by atoms with Crippen molar-refractivity contribution in [3.8, 4) is 0 Å². The van der Waals surface area contributed by atoms with Gasteiger partial charge in [-0.2, -0.15) is 0 Å². The quantitative estimate of drug-likeness (QED) is 0.538. The third kappa shape index (κ3) is 1.57. The minimum atomic E-state index is -0.538. The molecular weight excluding hydrogens is 192 g/mol. The van der Waals surface area contributed by atoms with E-state index in [1.807, 2.05) is 0 Å². The number of nitrogens with zero attached hydrogens (tertiary/aromatic N) is 2. The highest BCUT2D eigenvalue weighted by atomic mass is 32.2. The van der Waals surface area contributed by atoms with Crippen LogP contribution in [0.4, 0.5) is 5.88 Å². The monoisotopic (exact) mass is 198 g/mol. The highest BCUT2D eigenvalue weighted by molar-refractivity contribution is 8.12. The van der Waals surface area contributed by atoms with E-state index in [-0.39, 0.29) is 11.1 Å². The summed E-state index contributed by atoms with van der Waals surface area (Å²) in [6.45, 7) is 0.634. The molecule has 0 saturated carbocycles. The van der Waals surface area contributed by atoms with Crippen LogP contribution in [0.1, 0.15) is 11.0 Å². The predicted octanol–water partition coefficient (Wildman–Crippen LogP) is 2.00. The summed E-state index contributed by atoms with van der Waals surface area (Å²) in [6.07, 6.45) is 0. The zero-order chi connectivity index (χ0) is 9.26. The van der Waals surface area contributed by atoms with Crippen LogP contribution in [0.2, 0.25) is 0 Å². The van der Waals surface area contributed by atoms with Crippen molar-refractivity contribution < 1.29 is 9.34 Å².